The van der Waals surface area contributed by atoms with Gasteiger partial charge in [-0.05, 0) is 77.2 Å². The maximum absolute atomic E-state index is 5.08. The minimum atomic E-state index is 0.991. The quantitative estimate of drug-likeness (QED) is 0.226. The lowest BCUT2D eigenvalue weighted by atomic mass is 9.88. The highest BCUT2D eigenvalue weighted by atomic mass is 15.0. The third-order valence-electron chi connectivity index (χ3n) is 7.78. The minimum absolute atomic E-state index is 0.991. The van der Waals surface area contributed by atoms with Crippen LogP contribution >= 0.6 is 0 Å². The van der Waals surface area contributed by atoms with E-state index < -0.39 is 0 Å². The fraction of sp³-hybridized carbons (Fsp3) is 0.0833. The molecule has 182 valence electrons. The van der Waals surface area contributed by atoms with Crippen LogP contribution in [-0.2, 0) is 0 Å². The predicted octanol–water partition coefficient (Wildman–Crippen LogP) is 9.57. The second-order valence-electron chi connectivity index (χ2n) is 10.3. The van der Waals surface area contributed by atoms with Crippen LogP contribution in [0.2, 0.25) is 0 Å². The van der Waals surface area contributed by atoms with Crippen LogP contribution in [0, 0.1) is 20.8 Å². The van der Waals surface area contributed by atoms with Crippen molar-refractivity contribution in [3.63, 3.8) is 0 Å². The first kappa shape index (κ1) is 22.5. The standard InChI is InChI=1S/C36H28N2/c1-23-18-30(26-12-6-4-7-13-26)35(31(19-23)27-14-8-5-9-15-27)34-22-37-36-29-17-11-10-16-28(29)32-20-24(2)25(3)21-33(32)38(34)36/h4-22H,1-3H3. The van der Waals surface area contributed by atoms with Crippen LogP contribution in [0.5, 0.6) is 0 Å². The second-order valence-corrected chi connectivity index (χ2v) is 10.3. The van der Waals surface area contributed by atoms with Gasteiger partial charge < -0.3 is 0 Å². The van der Waals surface area contributed by atoms with Crippen molar-refractivity contribution in [1.82, 2.24) is 9.38 Å². The van der Waals surface area contributed by atoms with Crippen LogP contribution in [-0.4, -0.2) is 9.38 Å². The van der Waals surface area contributed by atoms with Crippen molar-refractivity contribution < 1.29 is 0 Å². The van der Waals surface area contributed by atoms with E-state index in [4.69, 9.17) is 4.98 Å². The predicted molar refractivity (Wildman–Crippen MR) is 161 cm³/mol. The molecule has 0 aliphatic heterocycles. The Hall–Kier alpha value is -4.69. The van der Waals surface area contributed by atoms with Crippen LogP contribution in [0.1, 0.15) is 16.7 Å². The van der Waals surface area contributed by atoms with E-state index in [-0.39, 0.29) is 0 Å². The van der Waals surface area contributed by atoms with E-state index in [2.05, 4.69) is 141 Å². The Kier molecular flexibility index (Phi) is 5.16. The molecule has 0 aliphatic carbocycles. The van der Waals surface area contributed by atoms with Gasteiger partial charge in [-0.25, -0.2) is 4.98 Å². The van der Waals surface area contributed by atoms with E-state index in [1.165, 1.54) is 66.2 Å². The first-order chi connectivity index (χ1) is 18.6. The van der Waals surface area contributed by atoms with Crippen molar-refractivity contribution in [3.05, 3.63) is 132 Å². The highest BCUT2D eigenvalue weighted by Gasteiger charge is 2.21. The van der Waals surface area contributed by atoms with Gasteiger partial charge in [0.05, 0.1) is 17.4 Å². The topological polar surface area (TPSA) is 17.3 Å². The molecule has 0 N–H and O–H groups in total. The summed E-state index contributed by atoms with van der Waals surface area (Å²) in [4.78, 5) is 5.08. The lowest BCUT2D eigenvalue weighted by molar-refractivity contribution is 1.25. The van der Waals surface area contributed by atoms with Gasteiger partial charge in [0, 0.05) is 16.3 Å². The summed E-state index contributed by atoms with van der Waals surface area (Å²) in [6, 6.07) is 39.4. The third kappa shape index (κ3) is 3.45. The van der Waals surface area contributed by atoms with Crippen LogP contribution < -0.4 is 0 Å². The van der Waals surface area contributed by atoms with Gasteiger partial charge >= 0.3 is 0 Å². The van der Waals surface area contributed by atoms with Crippen LogP contribution in [0.15, 0.2) is 115 Å². The number of hydrogen-bond donors (Lipinski definition) is 0. The molecule has 7 rings (SSSR count). The van der Waals surface area contributed by atoms with Crippen molar-refractivity contribution in [2.45, 2.75) is 20.8 Å². The zero-order valence-corrected chi connectivity index (χ0v) is 21.9. The van der Waals surface area contributed by atoms with Crippen molar-refractivity contribution in [2.24, 2.45) is 0 Å². The number of nitrogens with zero attached hydrogens (tertiary/aromatic N) is 2. The zero-order valence-electron chi connectivity index (χ0n) is 21.9. The molecule has 0 fully saturated rings. The number of pyridine rings is 1. The maximum Gasteiger partial charge on any atom is 0.145 e. The summed E-state index contributed by atoms with van der Waals surface area (Å²) in [6.07, 6.45) is 2.07. The zero-order chi connectivity index (χ0) is 25.8. The molecule has 38 heavy (non-hydrogen) atoms. The first-order valence-electron chi connectivity index (χ1n) is 13.1. The van der Waals surface area contributed by atoms with Crippen molar-refractivity contribution in [1.29, 1.82) is 0 Å². The number of imidazole rings is 1. The summed E-state index contributed by atoms with van der Waals surface area (Å²) < 4.78 is 2.38. The summed E-state index contributed by atoms with van der Waals surface area (Å²) >= 11 is 0. The number of rotatable bonds is 3. The summed E-state index contributed by atoms with van der Waals surface area (Å²) in [5.41, 5.74) is 13.2. The number of aromatic nitrogens is 2. The van der Waals surface area contributed by atoms with Crippen LogP contribution in [0.25, 0.3) is 60.8 Å². The molecule has 0 saturated heterocycles. The summed E-state index contributed by atoms with van der Waals surface area (Å²) in [6.45, 7) is 6.58. The fourth-order valence-electron chi connectivity index (χ4n) is 5.83. The Labute approximate surface area is 222 Å². The molecule has 0 saturated carbocycles. The van der Waals surface area contributed by atoms with Crippen molar-refractivity contribution in [2.75, 3.05) is 0 Å². The average molecular weight is 489 g/mol. The van der Waals surface area contributed by atoms with Gasteiger partial charge in [0.2, 0.25) is 0 Å². The smallest absolute Gasteiger partial charge is 0.145 e. The van der Waals surface area contributed by atoms with Gasteiger partial charge in [0.25, 0.3) is 0 Å². The number of fused-ring (bicyclic) bond motifs is 6. The molecule has 0 amide bonds. The van der Waals surface area contributed by atoms with Gasteiger partial charge in [-0.2, -0.15) is 0 Å². The Morgan fingerprint density at radius 3 is 1.74 bits per heavy atom. The minimum Gasteiger partial charge on any atom is -0.292 e. The molecule has 0 bridgehead atoms. The van der Waals surface area contributed by atoms with Gasteiger partial charge in [-0.1, -0.05) is 97.1 Å². The first-order valence-corrected chi connectivity index (χ1v) is 13.1. The fourth-order valence-corrected chi connectivity index (χ4v) is 5.83. The van der Waals surface area contributed by atoms with E-state index >= 15 is 0 Å². The molecular formula is C36H28N2. The summed E-state index contributed by atoms with van der Waals surface area (Å²) in [5.74, 6) is 0. The molecule has 2 heterocycles. The molecule has 2 aromatic heterocycles. The third-order valence-corrected chi connectivity index (χ3v) is 7.78. The number of hydrogen-bond acceptors (Lipinski definition) is 1. The maximum atomic E-state index is 5.08. The Bertz CT molecular complexity index is 1920. The molecule has 2 nitrogen and oxygen atoms in total. The van der Waals surface area contributed by atoms with Gasteiger partial charge in [-0.15, -0.1) is 0 Å². The molecule has 7 aromatic rings. The Morgan fingerprint density at radius 2 is 1.11 bits per heavy atom. The van der Waals surface area contributed by atoms with Crippen molar-refractivity contribution in [3.8, 4) is 33.5 Å². The summed E-state index contributed by atoms with van der Waals surface area (Å²) in [5, 5.41) is 3.67. The number of aryl methyl sites for hydroxylation is 3. The van der Waals surface area contributed by atoms with Crippen LogP contribution in [0.4, 0.5) is 0 Å². The van der Waals surface area contributed by atoms with E-state index in [0.717, 1.165) is 11.3 Å². The molecule has 5 aromatic carbocycles. The second kappa shape index (κ2) is 8.71. The normalized spacial score (nSPS) is 11.6. The van der Waals surface area contributed by atoms with E-state index in [1.54, 1.807) is 0 Å². The van der Waals surface area contributed by atoms with E-state index in [1.807, 2.05) is 0 Å². The monoisotopic (exact) mass is 488 g/mol. The van der Waals surface area contributed by atoms with E-state index in [9.17, 15) is 0 Å². The number of benzene rings is 5. The summed E-state index contributed by atoms with van der Waals surface area (Å²) in [7, 11) is 0. The van der Waals surface area contributed by atoms with Gasteiger partial charge in [-0.3, -0.25) is 4.40 Å². The molecule has 0 spiro atoms. The molecule has 0 radical (unpaired) electrons. The largest absolute Gasteiger partial charge is 0.292 e. The molecule has 0 aliphatic rings. The van der Waals surface area contributed by atoms with Crippen LogP contribution in [0.3, 0.4) is 0 Å². The van der Waals surface area contributed by atoms with Crippen molar-refractivity contribution >= 4 is 27.3 Å². The lowest BCUT2D eigenvalue weighted by Crippen LogP contribution is -1.99. The lowest BCUT2D eigenvalue weighted by Gasteiger charge is -2.19. The highest BCUT2D eigenvalue weighted by molar-refractivity contribution is 6.13. The highest BCUT2D eigenvalue weighted by Crippen LogP contribution is 2.43. The molecule has 2 heteroatoms. The SMILES string of the molecule is Cc1cc(-c2ccccc2)c(-c2cnc3c4ccccc4c4cc(C)c(C)cc4n23)c(-c2ccccc2)c1. The van der Waals surface area contributed by atoms with E-state index in [0.29, 0.717) is 0 Å². The molecular weight excluding hydrogens is 460 g/mol. The average Bonchev–Trinajstić information content (AvgIpc) is 3.40. The molecule has 0 atom stereocenters. The Morgan fingerprint density at radius 1 is 0.553 bits per heavy atom. The molecule has 0 unspecified atom stereocenters. The van der Waals surface area contributed by atoms with Gasteiger partial charge in [0.15, 0.2) is 0 Å². The Balaban J connectivity index is 1.69. The van der Waals surface area contributed by atoms with Gasteiger partial charge in [0.1, 0.15) is 5.65 Å².